The number of benzene rings is 2. The highest BCUT2D eigenvalue weighted by Gasteiger charge is 2.32. The number of anilines is 2. The van der Waals surface area contributed by atoms with Crippen molar-refractivity contribution in [3.63, 3.8) is 0 Å². The number of primary amides is 1. The number of nitrogens with zero attached hydrogens (tertiary/aromatic N) is 1. The van der Waals surface area contributed by atoms with Gasteiger partial charge in [0.15, 0.2) is 6.61 Å². The van der Waals surface area contributed by atoms with E-state index in [1.165, 1.54) is 24.3 Å². The van der Waals surface area contributed by atoms with Crippen molar-refractivity contribution in [2.75, 3.05) is 43.1 Å². The molecule has 1 heterocycles. The van der Waals surface area contributed by atoms with E-state index in [2.05, 4.69) is 5.32 Å². The minimum Gasteiger partial charge on any atom is -0.483 e. The number of halogens is 4. The fourth-order valence-electron chi connectivity index (χ4n) is 3.04. The van der Waals surface area contributed by atoms with Gasteiger partial charge in [-0.1, -0.05) is 11.6 Å². The van der Waals surface area contributed by atoms with E-state index in [0.717, 1.165) is 12.1 Å². The summed E-state index contributed by atoms with van der Waals surface area (Å²) in [6, 6.07) is 7.27. The number of nitrogens with two attached hydrogens (primary N) is 1. The zero-order chi connectivity index (χ0) is 22.6. The van der Waals surface area contributed by atoms with E-state index < -0.39 is 30.2 Å². The first-order valence-electron chi connectivity index (χ1n) is 9.21. The Bertz CT molecular complexity index is 979. The average Bonchev–Trinajstić information content (AvgIpc) is 2.72. The monoisotopic (exact) mass is 457 g/mol. The lowest BCUT2D eigenvalue weighted by Crippen LogP contribution is -2.37. The van der Waals surface area contributed by atoms with Gasteiger partial charge in [0.25, 0.3) is 11.8 Å². The molecule has 1 aliphatic rings. The number of ether oxygens (including phenoxy) is 2. The van der Waals surface area contributed by atoms with Crippen molar-refractivity contribution in [3.05, 3.63) is 52.5 Å². The maximum Gasteiger partial charge on any atom is 0.416 e. The highest BCUT2D eigenvalue weighted by molar-refractivity contribution is 6.31. The highest BCUT2D eigenvalue weighted by Crippen LogP contribution is 2.35. The molecular formula is C20H19ClF3N3O4. The molecule has 0 bridgehead atoms. The minimum atomic E-state index is -4.57. The van der Waals surface area contributed by atoms with Crippen LogP contribution in [0, 0.1) is 0 Å². The second kappa shape index (κ2) is 9.44. The van der Waals surface area contributed by atoms with Gasteiger partial charge < -0.3 is 25.4 Å². The molecule has 0 aliphatic carbocycles. The van der Waals surface area contributed by atoms with E-state index in [1.807, 2.05) is 4.90 Å². The standard InChI is InChI=1S/C20H19ClF3N3O4/c21-13-2-4-17(14(10-13)19(25)29)31-11-18(28)26-15-9-12(20(22,23)24)1-3-16(15)27-5-7-30-8-6-27/h1-4,9-10H,5-8,11H2,(H2,25,29)(H,26,28). The lowest BCUT2D eigenvalue weighted by molar-refractivity contribution is -0.137. The van der Waals surface area contributed by atoms with Crippen molar-refractivity contribution < 1.29 is 32.2 Å². The average molecular weight is 458 g/mol. The van der Waals surface area contributed by atoms with Crippen LogP contribution < -0.4 is 20.7 Å². The molecule has 1 fully saturated rings. The van der Waals surface area contributed by atoms with Crippen molar-refractivity contribution in [2.24, 2.45) is 5.73 Å². The number of amides is 2. The first-order chi connectivity index (χ1) is 14.6. The van der Waals surface area contributed by atoms with Crippen LogP contribution in [0.4, 0.5) is 24.5 Å². The Morgan fingerprint density at radius 2 is 1.87 bits per heavy atom. The summed E-state index contributed by atoms with van der Waals surface area (Å²) in [5.41, 5.74) is 4.79. The van der Waals surface area contributed by atoms with Gasteiger partial charge in [-0.05, 0) is 36.4 Å². The first-order valence-corrected chi connectivity index (χ1v) is 9.59. The quantitative estimate of drug-likeness (QED) is 0.694. The molecule has 0 spiro atoms. The highest BCUT2D eigenvalue weighted by atomic mass is 35.5. The Kier molecular flexibility index (Phi) is 6.91. The third kappa shape index (κ3) is 5.80. The van der Waals surface area contributed by atoms with Crippen molar-refractivity contribution in [2.45, 2.75) is 6.18 Å². The zero-order valence-electron chi connectivity index (χ0n) is 16.2. The number of carbonyl (C=O) groups excluding carboxylic acids is 2. The summed E-state index contributed by atoms with van der Waals surface area (Å²) in [5.74, 6) is -1.48. The fourth-order valence-corrected chi connectivity index (χ4v) is 3.21. The predicted octanol–water partition coefficient (Wildman–Crippen LogP) is 3.31. The van der Waals surface area contributed by atoms with Crippen LogP contribution >= 0.6 is 11.6 Å². The Morgan fingerprint density at radius 3 is 2.52 bits per heavy atom. The summed E-state index contributed by atoms with van der Waals surface area (Å²) >= 11 is 5.83. The Balaban J connectivity index is 1.79. The first kappa shape index (κ1) is 22.7. The molecule has 3 rings (SSSR count). The van der Waals surface area contributed by atoms with E-state index in [0.29, 0.717) is 32.0 Å². The molecule has 2 aromatic carbocycles. The molecule has 2 aromatic rings. The maximum absolute atomic E-state index is 13.2. The van der Waals surface area contributed by atoms with E-state index in [1.54, 1.807) is 0 Å². The second-order valence-electron chi connectivity index (χ2n) is 6.67. The van der Waals surface area contributed by atoms with Crippen LogP contribution in [0.25, 0.3) is 0 Å². The summed E-state index contributed by atoms with van der Waals surface area (Å²) in [5, 5.41) is 2.72. The molecule has 0 radical (unpaired) electrons. The number of nitrogens with one attached hydrogen (secondary N) is 1. The number of morpholine rings is 1. The van der Waals surface area contributed by atoms with Gasteiger partial charge in [-0.2, -0.15) is 13.2 Å². The van der Waals surface area contributed by atoms with Gasteiger partial charge in [-0.15, -0.1) is 0 Å². The van der Waals surface area contributed by atoms with E-state index in [-0.39, 0.29) is 22.0 Å². The molecule has 3 N–H and O–H groups in total. The van der Waals surface area contributed by atoms with Gasteiger partial charge >= 0.3 is 6.18 Å². The second-order valence-corrected chi connectivity index (χ2v) is 7.11. The van der Waals surface area contributed by atoms with Crippen LogP contribution in [0.5, 0.6) is 5.75 Å². The Hall–Kier alpha value is -2.98. The van der Waals surface area contributed by atoms with E-state index in [4.69, 9.17) is 26.8 Å². The van der Waals surface area contributed by atoms with Crippen LogP contribution in [0.1, 0.15) is 15.9 Å². The van der Waals surface area contributed by atoms with Crippen molar-refractivity contribution in [1.29, 1.82) is 0 Å². The molecule has 0 atom stereocenters. The largest absolute Gasteiger partial charge is 0.483 e. The Labute approximate surface area is 180 Å². The molecule has 1 saturated heterocycles. The number of alkyl halides is 3. The van der Waals surface area contributed by atoms with Gasteiger partial charge in [0.1, 0.15) is 5.75 Å². The molecule has 2 amide bonds. The van der Waals surface area contributed by atoms with Crippen LogP contribution in [-0.4, -0.2) is 44.7 Å². The van der Waals surface area contributed by atoms with Crippen LogP contribution in [0.15, 0.2) is 36.4 Å². The predicted molar refractivity (Wildman–Crippen MR) is 109 cm³/mol. The number of carbonyl (C=O) groups is 2. The smallest absolute Gasteiger partial charge is 0.416 e. The maximum atomic E-state index is 13.2. The zero-order valence-corrected chi connectivity index (χ0v) is 16.9. The summed E-state index contributed by atoms with van der Waals surface area (Å²) in [7, 11) is 0. The third-order valence-electron chi connectivity index (χ3n) is 4.52. The van der Waals surface area contributed by atoms with Crippen LogP contribution in [0.2, 0.25) is 5.02 Å². The van der Waals surface area contributed by atoms with Gasteiger partial charge in [0.2, 0.25) is 0 Å². The molecule has 0 unspecified atom stereocenters. The van der Waals surface area contributed by atoms with Crippen LogP contribution in [0.3, 0.4) is 0 Å². The summed E-state index contributed by atoms with van der Waals surface area (Å²) in [4.78, 5) is 25.8. The van der Waals surface area contributed by atoms with Gasteiger partial charge in [-0.3, -0.25) is 9.59 Å². The van der Waals surface area contributed by atoms with Crippen LogP contribution in [-0.2, 0) is 15.7 Å². The molecule has 7 nitrogen and oxygen atoms in total. The van der Waals surface area contributed by atoms with Gasteiger partial charge in [-0.25, -0.2) is 0 Å². The molecular weight excluding hydrogens is 439 g/mol. The Morgan fingerprint density at radius 1 is 1.16 bits per heavy atom. The van der Waals surface area contributed by atoms with Gasteiger partial charge in [0.05, 0.1) is 35.7 Å². The fraction of sp³-hybridized carbons (Fsp3) is 0.300. The summed E-state index contributed by atoms with van der Waals surface area (Å²) in [6.45, 7) is 1.23. The number of hydrogen-bond acceptors (Lipinski definition) is 5. The molecule has 31 heavy (non-hydrogen) atoms. The molecule has 166 valence electrons. The molecule has 0 saturated carbocycles. The SMILES string of the molecule is NC(=O)c1cc(Cl)ccc1OCC(=O)Nc1cc(C(F)(F)F)ccc1N1CCOCC1. The molecule has 1 aliphatic heterocycles. The van der Waals surface area contributed by atoms with E-state index >= 15 is 0 Å². The number of hydrogen-bond donors (Lipinski definition) is 2. The normalized spacial score (nSPS) is 14.3. The minimum absolute atomic E-state index is 0.00319. The lowest BCUT2D eigenvalue weighted by Gasteiger charge is -2.31. The lowest BCUT2D eigenvalue weighted by atomic mass is 10.1. The van der Waals surface area contributed by atoms with Crippen molar-refractivity contribution in [1.82, 2.24) is 0 Å². The number of rotatable bonds is 6. The topological polar surface area (TPSA) is 93.9 Å². The van der Waals surface area contributed by atoms with Crippen molar-refractivity contribution >= 4 is 34.8 Å². The molecule has 0 aromatic heterocycles. The van der Waals surface area contributed by atoms with E-state index in [9.17, 15) is 22.8 Å². The molecule has 11 heteroatoms. The van der Waals surface area contributed by atoms with Crippen molar-refractivity contribution in [3.8, 4) is 5.75 Å². The third-order valence-corrected chi connectivity index (χ3v) is 4.75. The summed E-state index contributed by atoms with van der Waals surface area (Å²) in [6.07, 6.45) is -4.57. The summed E-state index contributed by atoms with van der Waals surface area (Å²) < 4.78 is 50.1. The van der Waals surface area contributed by atoms with Gasteiger partial charge in [0, 0.05) is 18.1 Å².